The fraction of sp³-hybridized carbons (Fsp3) is 0.138. The predicted molar refractivity (Wildman–Crippen MR) is 138 cm³/mol. The first-order valence-corrected chi connectivity index (χ1v) is 11.8. The van der Waals surface area contributed by atoms with E-state index in [4.69, 9.17) is 9.47 Å². The number of hydrogen-bond donors (Lipinski definition) is 1. The van der Waals surface area contributed by atoms with Crippen molar-refractivity contribution in [3.63, 3.8) is 0 Å². The summed E-state index contributed by atoms with van der Waals surface area (Å²) in [6.45, 7) is 6.03. The van der Waals surface area contributed by atoms with Crippen LogP contribution < -0.4 is 19.7 Å². The van der Waals surface area contributed by atoms with Crippen LogP contribution in [0.2, 0.25) is 0 Å². The second-order valence-corrected chi connectivity index (χ2v) is 8.29. The molecule has 194 valence electrons. The Balaban J connectivity index is 1.71. The van der Waals surface area contributed by atoms with E-state index in [1.807, 2.05) is 0 Å². The van der Waals surface area contributed by atoms with Gasteiger partial charge in [0.2, 0.25) is 0 Å². The van der Waals surface area contributed by atoms with E-state index in [-0.39, 0.29) is 23.7 Å². The molecule has 1 aliphatic heterocycles. The molecule has 0 unspecified atom stereocenters. The predicted octanol–water partition coefficient (Wildman–Crippen LogP) is 5.34. The molecular formula is C29H24F2N2O5. The van der Waals surface area contributed by atoms with Gasteiger partial charge < -0.3 is 9.47 Å². The maximum atomic E-state index is 13.8. The zero-order chi connectivity index (χ0) is 27.2. The van der Waals surface area contributed by atoms with Crippen molar-refractivity contribution in [2.45, 2.75) is 20.0 Å². The number of halogens is 2. The molecule has 0 radical (unpaired) electrons. The monoisotopic (exact) mass is 518 g/mol. The van der Waals surface area contributed by atoms with E-state index in [9.17, 15) is 23.2 Å². The minimum atomic E-state index is -0.977. The largest absolute Gasteiger partial charge is 0.490 e. The molecule has 0 aliphatic carbocycles. The molecule has 1 N–H and O–H groups in total. The van der Waals surface area contributed by atoms with Gasteiger partial charge in [0.25, 0.3) is 11.8 Å². The van der Waals surface area contributed by atoms with E-state index < -0.39 is 23.7 Å². The van der Waals surface area contributed by atoms with Gasteiger partial charge in [0, 0.05) is 5.56 Å². The maximum absolute atomic E-state index is 13.8. The van der Waals surface area contributed by atoms with Gasteiger partial charge in [0.05, 0.1) is 12.3 Å². The smallest absolute Gasteiger partial charge is 0.335 e. The van der Waals surface area contributed by atoms with Gasteiger partial charge in [0.1, 0.15) is 23.8 Å². The van der Waals surface area contributed by atoms with Crippen molar-refractivity contribution in [1.82, 2.24) is 5.32 Å². The van der Waals surface area contributed by atoms with Crippen LogP contribution >= 0.6 is 0 Å². The van der Waals surface area contributed by atoms with E-state index in [2.05, 4.69) is 11.9 Å². The van der Waals surface area contributed by atoms with Crippen molar-refractivity contribution in [3.05, 3.63) is 107 Å². The number of barbiturate groups is 1. The normalized spacial score (nSPS) is 14.4. The van der Waals surface area contributed by atoms with E-state index >= 15 is 0 Å². The number of urea groups is 1. The van der Waals surface area contributed by atoms with Crippen molar-refractivity contribution >= 4 is 29.6 Å². The number of ether oxygens (including phenoxy) is 2. The SMILES string of the molecule is C=CCc1cc(/C=C2\C(=O)NC(=O)N(c3cccc(F)c3)C2=O)cc(OCC)c1OCc1ccc(F)cc1. The molecule has 38 heavy (non-hydrogen) atoms. The maximum Gasteiger partial charge on any atom is 0.335 e. The highest BCUT2D eigenvalue weighted by Crippen LogP contribution is 2.36. The van der Waals surface area contributed by atoms with Crippen LogP contribution in [0.4, 0.5) is 19.3 Å². The number of nitrogens with one attached hydrogen (secondary N) is 1. The molecule has 1 fully saturated rings. The molecule has 0 atom stereocenters. The number of carbonyl (C=O) groups is 3. The van der Waals surface area contributed by atoms with Crippen LogP contribution in [0.3, 0.4) is 0 Å². The third-order valence-corrected chi connectivity index (χ3v) is 5.59. The Kier molecular flexibility index (Phi) is 7.96. The van der Waals surface area contributed by atoms with Crippen LogP contribution in [0.1, 0.15) is 23.6 Å². The van der Waals surface area contributed by atoms with Gasteiger partial charge in [0.15, 0.2) is 11.5 Å². The first-order chi connectivity index (χ1) is 18.3. The molecule has 0 spiro atoms. The number of allylic oxidation sites excluding steroid dienone is 1. The number of imide groups is 2. The molecule has 7 nitrogen and oxygen atoms in total. The minimum absolute atomic E-state index is 0.0159. The van der Waals surface area contributed by atoms with Crippen LogP contribution in [0, 0.1) is 11.6 Å². The molecular weight excluding hydrogens is 494 g/mol. The molecule has 3 aromatic rings. The first kappa shape index (κ1) is 26.3. The number of hydrogen-bond acceptors (Lipinski definition) is 5. The molecule has 4 rings (SSSR count). The average Bonchev–Trinajstić information content (AvgIpc) is 2.87. The van der Waals surface area contributed by atoms with Gasteiger partial charge in [-0.05, 0) is 73.0 Å². The summed E-state index contributed by atoms with van der Waals surface area (Å²) in [5.41, 5.74) is 1.52. The molecule has 9 heteroatoms. The minimum Gasteiger partial charge on any atom is -0.490 e. The Bertz CT molecular complexity index is 1430. The Labute approximate surface area is 218 Å². The number of benzene rings is 3. The molecule has 4 amide bonds. The van der Waals surface area contributed by atoms with Crippen LogP contribution in [0.25, 0.3) is 6.08 Å². The zero-order valence-electron chi connectivity index (χ0n) is 20.5. The van der Waals surface area contributed by atoms with Crippen LogP contribution in [0.5, 0.6) is 11.5 Å². The average molecular weight is 519 g/mol. The van der Waals surface area contributed by atoms with Gasteiger partial charge in [-0.3, -0.25) is 14.9 Å². The van der Waals surface area contributed by atoms with Gasteiger partial charge in [-0.2, -0.15) is 0 Å². The third-order valence-electron chi connectivity index (χ3n) is 5.59. The topological polar surface area (TPSA) is 84.9 Å². The highest BCUT2D eigenvalue weighted by atomic mass is 19.1. The summed E-state index contributed by atoms with van der Waals surface area (Å²) < 4.78 is 38.9. The molecule has 1 saturated heterocycles. The first-order valence-electron chi connectivity index (χ1n) is 11.8. The Morgan fingerprint density at radius 1 is 0.974 bits per heavy atom. The summed E-state index contributed by atoms with van der Waals surface area (Å²) in [5, 5.41) is 2.12. The molecule has 1 aliphatic rings. The van der Waals surface area contributed by atoms with Crippen LogP contribution in [-0.4, -0.2) is 24.5 Å². The highest BCUT2D eigenvalue weighted by Gasteiger charge is 2.37. The number of carbonyl (C=O) groups excluding carboxylic acids is 3. The lowest BCUT2D eigenvalue weighted by molar-refractivity contribution is -0.122. The summed E-state index contributed by atoms with van der Waals surface area (Å²) in [6, 6.07) is 13.2. The highest BCUT2D eigenvalue weighted by molar-refractivity contribution is 6.39. The van der Waals surface area contributed by atoms with Gasteiger partial charge in [-0.25, -0.2) is 18.5 Å². The van der Waals surface area contributed by atoms with Crippen LogP contribution in [-0.2, 0) is 22.6 Å². The lowest BCUT2D eigenvalue weighted by Gasteiger charge is -2.26. The summed E-state index contributed by atoms with van der Waals surface area (Å²) in [7, 11) is 0. The lowest BCUT2D eigenvalue weighted by atomic mass is 10.0. The van der Waals surface area contributed by atoms with E-state index in [1.165, 1.54) is 36.4 Å². The van der Waals surface area contributed by atoms with Gasteiger partial charge in [-0.1, -0.05) is 24.3 Å². The van der Waals surface area contributed by atoms with Crippen molar-refractivity contribution < 1.29 is 32.6 Å². The van der Waals surface area contributed by atoms with E-state index in [1.54, 1.807) is 37.3 Å². The number of amides is 4. The number of anilines is 1. The quantitative estimate of drug-likeness (QED) is 0.235. The lowest BCUT2D eigenvalue weighted by Crippen LogP contribution is -2.54. The van der Waals surface area contributed by atoms with E-state index in [0.29, 0.717) is 40.6 Å². The molecule has 0 bridgehead atoms. The van der Waals surface area contributed by atoms with Crippen molar-refractivity contribution in [2.24, 2.45) is 0 Å². The standard InChI is InChI=1S/C29H24F2N2O5/c1-3-6-20-13-19(15-25(37-4-2)26(20)38-17-18-9-11-21(30)12-10-18)14-24-27(34)32-29(36)33(28(24)35)23-8-5-7-22(31)16-23/h3,5,7-16H,1,4,6,17H2,2H3,(H,32,34,36)/b24-14+. The van der Waals surface area contributed by atoms with Gasteiger partial charge in [-0.15, -0.1) is 6.58 Å². The second-order valence-electron chi connectivity index (χ2n) is 8.29. The molecule has 0 aromatic heterocycles. The summed E-state index contributed by atoms with van der Waals surface area (Å²) in [5.74, 6) is -1.97. The zero-order valence-corrected chi connectivity index (χ0v) is 20.5. The Morgan fingerprint density at radius 3 is 2.42 bits per heavy atom. The van der Waals surface area contributed by atoms with Crippen molar-refractivity contribution in [2.75, 3.05) is 11.5 Å². The summed E-state index contributed by atoms with van der Waals surface area (Å²) in [4.78, 5) is 38.9. The van der Waals surface area contributed by atoms with E-state index in [0.717, 1.165) is 11.6 Å². The second kappa shape index (κ2) is 11.5. The fourth-order valence-corrected chi connectivity index (χ4v) is 3.91. The van der Waals surface area contributed by atoms with Crippen molar-refractivity contribution in [1.29, 1.82) is 0 Å². The number of nitrogens with zero attached hydrogens (tertiary/aromatic N) is 1. The third kappa shape index (κ3) is 5.78. The molecule has 3 aromatic carbocycles. The summed E-state index contributed by atoms with van der Waals surface area (Å²) >= 11 is 0. The fourth-order valence-electron chi connectivity index (χ4n) is 3.91. The molecule has 1 heterocycles. The Morgan fingerprint density at radius 2 is 1.74 bits per heavy atom. The number of rotatable bonds is 9. The van der Waals surface area contributed by atoms with Gasteiger partial charge >= 0.3 is 6.03 Å². The van der Waals surface area contributed by atoms with Crippen molar-refractivity contribution in [3.8, 4) is 11.5 Å². The van der Waals surface area contributed by atoms with Crippen LogP contribution in [0.15, 0.2) is 78.9 Å². The summed E-state index contributed by atoms with van der Waals surface area (Å²) in [6.07, 6.45) is 3.37. The Hall–Kier alpha value is -4.79. The molecule has 0 saturated carbocycles.